The van der Waals surface area contributed by atoms with Crippen LogP contribution < -0.4 is 15.8 Å². The van der Waals surface area contributed by atoms with E-state index in [4.69, 9.17) is 10.5 Å². The zero-order valence-electron chi connectivity index (χ0n) is 11.5. The lowest BCUT2D eigenvalue weighted by atomic mass is 10.1. The van der Waals surface area contributed by atoms with Crippen molar-refractivity contribution in [2.75, 3.05) is 18.2 Å². The van der Waals surface area contributed by atoms with Crippen LogP contribution in [-0.4, -0.2) is 18.0 Å². The van der Waals surface area contributed by atoms with Crippen molar-refractivity contribution in [3.05, 3.63) is 54.2 Å². The number of carbonyl (C=O) groups is 1. The molecule has 5 nitrogen and oxygen atoms in total. The summed E-state index contributed by atoms with van der Waals surface area (Å²) in [4.78, 5) is 15.4. The zero-order valence-corrected chi connectivity index (χ0v) is 11.5. The Labute approximate surface area is 121 Å². The van der Waals surface area contributed by atoms with Crippen LogP contribution in [0.3, 0.4) is 0 Å². The second kappa shape index (κ2) is 5.20. The van der Waals surface area contributed by atoms with Gasteiger partial charge in [-0.3, -0.25) is 4.79 Å². The van der Waals surface area contributed by atoms with E-state index >= 15 is 0 Å². The number of carbonyl (C=O) groups excluding carboxylic acids is 1. The lowest BCUT2D eigenvalue weighted by Crippen LogP contribution is -2.11. The Bertz CT molecular complexity index is 808. The highest BCUT2D eigenvalue weighted by Gasteiger charge is 2.09. The molecule has 4 N–H and O–H groups in total. The van der Waals surface area contributed by atoms with Gasteiger partial charge in [0.25, 0.3) is 5.91 Å². The molecule has 0 fully saturated rings. The maximum atomic E-state index is 12.3. The summed E-state index contributed by atoms with van der Waals surface area (Å²) in [5.41, 5.74) is 8.52. The van der Waals surface area contributed by atoms with Gasteiger partial charge >= 0.3 is 0 Å². The molecule has 1 heterocycles. The molecule has 3 rings (SSSR count). The number of hydrogen-bond acceptors (Lipinski definition) is 3. The fourth-order valence-corrected chi connectivity index (χ4v) is 2.19. The van der Waals surface area contributed by atoms with Gasteiger partial charge in [-0.05, 0) is 36.4 Å². The molecule has 0 spiro atoms. The van der Waals surface area contributed by atoms with Crippen molar-refractivity contribution in [3.8, 4) is 5.75 Å². The van der Waals surface area contributed by atoms with Crippen molar-refractivity contribution in [1.82, 2.24) is 4.98 Å². The number of ether oxygens (including phenoxy) is 1. The Morgan fingerprint density at radius 2 is 2.05 bits per heavy atom. The molecule has 1 amide bonds. The molecule has 0 unspecified atom stereocenters. The average molecular weight is 281 g/mol. The predicted molar refractivity (Wildman–Crippen MR) is 83.7 cm³/mol. The number of nitrogens with two attached hydrogens (primary N) is 1. The largest absolute Gasteiger partial charge is 0.495 e. The molecule has 1 aromatic heterocycles. The van der Waals surface area contributed by atoms with Crippen molar-refractivity contribution < 1.29 is 9.53 Å². The van der Waals surface area contributed by atoms with E-state index < -0.39 is 0 Å². The van der Waals surface area contributed by atoms with Crippen LogP contribution >= 0.6 is 0 Å². The summed E-state index contributed by atoms with van der Waals surface area (Å²) >= 11 is 0. The van der Waals surface area contributed by atoms with Gasteiger partial charge in [-0.1, -0.05) is 0 Å². The first-order valence-corrected chi connectivity index (χ1v) is 6.49. The minimum atomic E-state index is -0.176. The second-order valence-corrected chi connectivity index (χ2v) is 4.69. The van der Waals surface area contributed by atoms with E-state index in [9.17, 15) is 4.79 Å². The third-order valence-electron chi connectivity index (χ3n) is 3.31. The predicted octanol–water partition coefficient (Wildman–Crippen LogP) is 3.01. The Balaban J connectivity index is 1.85. The van der Waals surface area contributed by atoms with Gasteiger partial charge < -0.3 is 20.8 Å². The van der Waals surface area contributed by atoms with E-state index in [0.29, 0.717) is 22.7 Å². The summed E-state index contributed by atoms with van der Waals surface area (Å²) in [6.45, 7) is 0. The third-order valence-corrected chi connectivity index (χ3v) is 3.31. The minimum absolute atomic E-state index is 0.176. The number of H-pyrrole nitrogens is 1. The monoisotopic (exact) mass is 281 g/mol. The van der Waals surface area contributed by atoms with E-state index in [0.717, 1.165) is 10.9 Å². The molecule has 0 bridgehead atoms. The number of methoxy groups -OCH3 is 1. The normalized spacial score (nSPS) is 10.5. The fraction of sp³-hybridized carbons (Fsp3) is 0.0625. The lowest BCUT2D eigenvalue weighted by Gasteiger charge is -2.09. The summed E-state index contributed by atoms with van der Waals surface area (Å²) in [7, 11) is 1.54. The Kier molecular flexibility index (Phi) is 3.23. The van der Waals surface area contributed by atoms with E-state index in [1.165, 1.54) is 7.11 Å². The highest BCUT2D eigenvalue weighted by molar-refractivity contribution is 6.06. The first-order valence-electron chi connectivity index (χ1n) is 6.49. The molecule has 0 saturated heterocycles. The van der Waals surface area contributed by atoms with Crippen LogP contribution in [0.2, 0.25) is 0 Å². The first-order chi connectivity index (χ1) is 10.2. The molecule has 0 radical (unpaired) electrons. The van der Waals surface area contributed by atoms with Gasteiger partial charge in [0.1, 0.15) is 5.75 Å². The standard InChI is InChI=1S/C16H15N3O2/c1-21-15-9-12(3-4-13(15)17)19-16(20)11-2-5-14-10(8-11)6-7-18-14/h2-9,18H,17H2,1H3,(H,19,20). The number of nitrogens with one attached hydrogen (secondary N) is 2. The van der Waals surface area contributed by atoms with Crippen LogP contribution in [-0.2, 0) is 0 Å². The van der Waals surface area contributed by atoms with Gasteiger partial charge in [0.15, 0.2) is 0 Å². The highest BCUT2D eigenvalue weighted by atomic mass is 16.5. The van der Waals surface area contributed by atoms with Gasteiger partial charge in [0, 0.05) is 34.4 Å². The summed E-state index contributed by atoms with van der Waals surface area (Å²) < 4.78 is 5.14. The van der Waals surface area contributed by atoms with Crippen LogP contribution in [0.1, 0.15) is 10.4 Å². The van der Waals surface area contributed by atoms with E-state index in [2.05, 4.69) is 10.3 Å². The number of benzene rings is 2. The smallest absolute Gasteiger partial charge is 0.255 e. The number of nitrogen functional groups attached to an aromatic ring is 1. The van der Waals surface area contributed by atoms with Crippen molar-refractivity contribution in [2.45, 2.75) is 0 Å². The third kappa shape index (κ3) is 2.53. The van der Waals surface area contributed by atoms with Gasteiger partial charge in [-0.15, -0.1) is 0 Å². The first kappa shape index (κ1) is 13.1. The zero-order chi connectivity index (χ0) is 14.8. The van der Waals surface area contributed by atoms with Crippen molar-refractivity contribution in [3.63, 3.8) is 0 Å². The lowest BCUT2D eigenvalue weighted by molar-refractivity contribution is 0.102. The molecule has 5 heteroatoms. The number of fused-ring (bicyclic) bond motifs is 1. The van der Waals surface area contributed by atoms with E-state index in [-0.39, 0.29) is 5.91 Å². The van der Waals surface area contributed by atoms with Crippen LogP contribution in [0.15, 0.2) is 48.7 Å². The van der Waals surface area contributed by atoms with Gasteiger partial charge in [-0.25, -0.2) is 0 Å². The summed E-state index contributed by atoms with van der Waals surface area (Å²) in [5, 5.41) is 3.83. The molecule has 106 valence electrons. The minimum Gasteiger partial charge on any atom is -0.495 e. The number of hydrogen-bond donors (Lipinski definition) is 3. The number of aromatic amines is 1. The van der Waals surface area contributed by atoms with Crippen LogP contribution in [0.25, 0.3) is 10.9 Å². The molecule has 0 aliphatic rings. The molecule has 0 aliphatic heterocycles. The summed E-state index contributed by atoms with van der Waals surface area (Å²) in [6.07, 6.45) is 1.84. The Hall–Kier alpha value is -2.95. The SMILES string of the molecule is COc1cc(NC(=O)c2ccc3[nH]ccc3c2)ccc1N. The Morgan fingerprint density at radius 1 is 1.19 bits per heavy atom. The topological polar surface area (TPSA) is 80.1 Å². The van der Waals surface area contributed by atoms with Crippen molar-refractivity contribution >= 4 is 28.2 Å². The molecule has 0 saturated carbocycles. The van der Waals surface area contributed by atoms with Gasteiger partial charge in [-0.2, -0.15) is 0 Å². The number of anilines is 2. The number of aromatic nitrogens is 1. The van der Waals surface area contributed by atoms with Gasteiger partial charge in [0.05, 0.1) is 12.8 Å². The quantitative estimate of drug-likeness (QED) is 0.645. The molecule has 21 heavy (non-hydrogen) atoms. The molecular weight excluding hydrogens is 266 g/mol. The van der Waals surface area contributed by atoms with Crippen LogP contribution in [0.5, 0.6) is 5.75 Å². The van der Waals surface area contributed by atoms with Gasteiger partial charge in [0.2, 0.25) is 0 Å². The summed E-state index contributed by atoms with van der Waals surface area (Å²) in [6, 6.07) is 12.6. The maximum Gasteiger partial charge on any atom is 0.255 e. The van der Waals surface area contributed by atoms with Crippen LogP contribution in [0, 0.1) is 0 Å². The second-order valence-electron chi connectivity index (χ2n) is 4.69. The highest BCUT2D eigenvalue weighted by Crippen LogP contribution is 2.25. The van der Waals surface area contributed by atoms with E-state index in [1.807, 2.05) is 24.4 Å². The fourth-order valence-electron chi connectivity index (χ4n) is 2.19. The Morgan fingerprint density at radius 3 is 2.86 bits per heavy atom. The van der Waals surface area contributed by atoms with Crippen molar-refractivity contribution in [2.24, 2.45) is 0 Å². The number of amides is 1. The number of rotatable bonds is 3. The molecular formula is C16H15N3O2. The maximum absolute atomic E-state index is 12.3. The summed E-state index contributed by atoms with van der Waals surface area (Å²) in [5.74, 6) is 0.360. The van der Waals surface area contributed by atoms with Crippen molar-refractivity contribution in [1.29, 1.82) is 0 Å². The molecule has 2 aromatic carbocycles. The van der Waals surface area contributed by atoms with Crippen LogP contribution in [0.4, 0.5) is 11.4 Å². The average Bonchev–Trinajstić information content (AvgIpc) is 2.96. The molecule has 0 atom stereocenters. The molecule has 0 aliphatic carbocycles. The molecule has 3 aromatic rings. The van der Waals surface area contributed by atoms with E-state index in [1.54, 1.807) is 24.3 Å².